The Labute approximate surface area is 74.0 Å². The molecule has 0 saturated heterocycles. The van der Waals surface area contributed by atoms with E-state index in [1.54, 1.807) is 0 Å². The van der Waals surface area contributed by atoms with Crippen molar-refractivity contribution in [2.45, 2.75) is 40.5 Å². The zero-order valence-corrected chi connectivity index (χ0v) is 8.35. The molecule has 1 N–H and O–H groups in total. The van der Waals surface area contributed by atoms with Gasteiger partial charge >= 0.3 is 5.97 Å². The molecule has 70 valence electrons. The number of hydrogen-bond donors (Lipinski definition) is 1. The maximum atomic E-state index is 10.8. The Morgan fingerprint density at radius 1 is 1.42 bits per heavy atom. The Hall–Kier alpha value is -0.530. The van der Waals surface area contributed by atoms with Crippen LogP contribution in [0.3, 0.4) is 0 Å². The van der Waals surface area contributed by atoms with E-state index in [2.05, 4.69) is 20.8 Å². The van der Waals surface area contributed by atoms with Crippen LogP contribution in [0.4, 0.5) is 0 Å². The predicted octanol–water partition coefficient (Wildman–Crippen LogP) is 2.53. The molecule has 1 aliphatic carbocycles. The second kappa shape index (κ2) is 2.48. The molecule has 0 bridgehead atoms. The molecule has 0 aromatic carbocycles. The first-order valence-corrected chi connectivity index (χ1v) is 4.54. The Bertz CT molecular complexity index is 196. The molecule has 0 heterocycles. The molecule has 2 heteroatoms. The summed E-state index contributed by atoms with van der Waals surface area (Å²) in [6.07, 6.45) is 2.15. The van der Waals surface area contributed by atoms with E-state index >= 15 is 0 Å². The van der Waals surface area contributed by atoms with Gasteiger partial charge in [-0.2, -0.15) is 0 Å². The molecule has 0 radical (unpaired) electrons. The first-order chi connectivity index (χ1) is 5.31. The molecule has 12 heavy (non-hydrogen) atoms. The van der Waals surface area contributed by atoms with Crippen LogP contribution in [0.2, 0.25) is 0 Å². The van der Waals surface area contributed by atoms with E-state index in [-0.39, 0.29) is 16.7 Å². The monoisotopic (exact) mass is 170 g/mol. The zero-order valence-electron chi connectivity index (χ0n) is 8.35. The van der Waals surface area contributed by atoms with Crippen LogP contribution in [0.1, 0.15) is 40.5 Å². The molecule has 0 amide bonds. The second-order valence-corrected chi connectivity index (χ2v) is 4.97. The quantitative estimate of drug-likeness (QED) is 0.691. The van der Waals surface area contributed by atoms with Gasteiger partial charge in [0.15, 0.2) is 0 Å². The third kappa shape index (κ3) is 1.23. The Balaban J connectivity index is 2.80. The molecule has 1 aliphatic rings. The highest BCUT2D eigenvalue weighted by atomic mass is 16.4. The molecular weight excluding hydrogens is 152 g/mol. The van der Waals surface area contributed by atoms with Crippen molar-refractivity contribution in [2.75, 3.05) is 0 Å². The van der Waals surface area contributed by atoms with Crippen molar-refractivity contribution in [3.63, 3.8) is 0 Å². The lowest BCUT2D eigenvalue weighted by atomic mass is 9.70. The van der Waals surface area contributed by atoms with Crippen LogP contribution in [0.25, 0.3) is 0 Å². The van der Waals surface area contributed by atoms with E-state index in [9.17, 15) is 4.79 Å². The lowest BCUT2D eigenvalue weighted by molar-refractivity contribution is -0.145. The molecule has 0 spiro atoms. The zero-order chi connectivity index (χ0) is 9.57. The van der Waals surface area contributed by atoms with Crippen LogP contribution < -0.4 is 0 Å². The molecule has 1 unspecified atom stereocenters. The van der Waals surface area contributed by atoms with Gasteiger partial charge in [0, 0.05) is 0 Å². The predicted molar refractivity (Wildman–Crippen MR) is 47.9 cm³/mol. The van der Waals surface area contributed by atoms with E-state index in [1.165, 1.54) is 0 Å². The van der Waals surface area contributed by atoms with Crippen molar-refractivity contribution >= 4 is 5.97 Å². The van der Waals surface area contributed by atoms with Crippen molar-refractivity contribution in [1.82, 2.24) is 0 Å². The van der Waals surface area contributed by atoms with E-state index in [0.717, 1.165) is 12.8 Å². The molecule has 0 aliphatic heterocycles. The summed E-state index contributed by atoms with van der Waals surface area (Å²) in [6.45, 7) is 8.25. The fourth-order valence-electron chi connectivity index (χ4n) is 2.20. The smallest absolute Gasteiger partial charge is 0.306 e. The third-order valence-electron chi connectivity index (χ3n) is 3.48. The van der Waals surface area contributed by atoms with Gasteiger partial charge in [-0.3, -0.25) is 4.79 Å². The minimum absolute atomic E-state index is 0.0683. The van der Waals surface area contributed by atoms with Gasteiger partial charge in [-0.1, -0.05) is 27.7 Å². The number of hydrogen-bond acceptors (Lipinski definition) is 1. The summed E-state index contributed by atoms with van der Waals surface area (Å²) in [4.78, 5) is 10.8. The highest BCUT2D eigenvalue weighted by molar-refractivity contribution is 5.71. The minimum atomic E-state index is -0.651. The van der Waals surface area contributed by atoms with Gasteiger partial charge in [0.2, 0.25) is 0 Å². The summed E-state index contributed by atoms with van der Waals surface area (Å²) in [6, 6.07) is 0. The van der Waals surface area contributed by atoms with Crippen LogP contribution in [-0.2, 0) is 4.79 Å². The standard InChI is InChI=1S/C10H18O2/c1-7(8(11)12)10(5-6-10)9(2,3)4/h7H,5-6H2,1-4H3,(H,11,12). The SMILES string of the molecule is CC(C(=O)O)C1(C(C)(C)C)CC1. The van der Waals surface area contributed by atoms with Crippen LogP contribution >= 0.6 is 0 Å². The highest BCUT2D eigenvalue weighted by Crippen LogP contribution is 2.63. The topological polar surface area (TPSA) is 37.3 Å². The van der Waals surface area contributed by atoms with Gasteiger partial charge in [0.1, 0.15) is 0 Å². The van der Waals surface area contributed by atoms with Crippen molar-refractivity contribution < 1.29 is 9.90 Å². The average molecular weight is 170 g/mol. The Morgan fingerprint density at radius 2 is 1.83 bits per heavy atom. The molecule has 1 rings (SSSR count). The minimum Gasteiger partial charge on any atom is -0.481 e. The van der Waals surface area contributed by atoms with Gasteiger partial charge in [0.25, 0.3) is 0 Å². The summed E-state index contributed by atoms with van der Waals surface area (Å²) in [5, 5.41) is 8.92. The largest absolute Gasteiger partial charge is 0.481 e. The summed E-state index contributed by atoms with van der Waals surface area (Å²) >= 11 is 0. The third-order valence-corrected chi connectivity index (χ3v) is 3.48. The lowest BCUT2D eigenvalue weighted by Crippen LogP contribution is -2.33. The van der Waals surface area contributed by atoms with Crippen molar-refractivity contribution in [3.8, 4) is 0 Å². The van der Waals surface area contributed by atoms with Gasteiger partial charge in [0.05, 0.1) is 5.92 Å². The summed E-state index contributed by atoms with van der Waals surface area (Å²) in [5.74, 6) is -0.847. The highest BCUT2D eigenvalue weighted by Gasteiger charge is 2.57. The second-order valence-electron chi connectivity index (χ2n) is 4.97. The van der Waals surface area contributed by atoms with E-state index in [1.807, 2.05) is 6.92 Å². The van der Waals surface area contributed by atoms with Crippen molar-refractivity contribution in [3.05, 3.63) is 0 Å². The Kier molecular flexibility index (Phi) is 1.97. The number of carbonyl (C=O) groups is 1. The molecule has 0 aromatic rings. The van der Waals surface area contributed by atoms with Crippen LogP contribution in [0.15, 0.2) is 0 Å². The molecule has 1 saturated carbocycles. The molecule has 1 fully saturated rings. The number of aliphatic carboxylic acids is 1. The summed E-state index contributed by atoms with van der Waals surface area (Å²) in [5.41, 5.74) is 0.198. The van der Waals surface area contributed by atoms with Crippen LogP contribution in [0, 0.1) is 16.7 Å². The van der Waals surface area contributed by atoms with E-state index < -0.39 is 5.97 Å². The average Bonchev–Trinajstić information content (AvgIpc) is 2.62. The van der Waals surface area contributed by atoms with Crippen LogP contribution in [-0.4, -0.2) is 11.1 Å². The maximum Gasteiger partial charge on any atom is 0.306 e. The molecule has 2 nitrogen and oxygen atoms in total. The fraction of sp³-hybridized carbons (Fsp3) is 0.900. The molecule has 1 atom stereocenters. The van der Waals surface area contributed by atoms with E-state index in [0.29, 0.717) is 0 Å². The van der Waals surface area contributed by atoms with Gasteiger partial charge in [-0.15, -0.1) is 0 Å². The fourth-order valence-corrected chi connectivity index (χ4v) is 2.20. The van der Waals surface area contributed by atoms with Crippen molar-refractivity contribution in [2.24, 2.45) is 16.7 Å². The van der Waals surface area contributed by atoms with Crippen LogP contribution in [0.5, 0.6) is 0 Å². The first-order valence-electron chi connectivity index (χ1n) is 4.54. The Morgan fingerprint density at radius 3 is 1.92 bits per heavy atom. The number of carboxylic acids is 1. The molecule has 0 aromatic heterocycles. The first kappa shape index (κ1) is 9.56. The summed E-state index contributed by atoms with van der Waals surface area (Å²) < 4.78 is 0. The van der Waals surface area contributed by atoms with Gasteiger partial charge in [-0.05, 0) is 23.7 Å². The van der Waals surface area contributed by atoms with Crippen molar-refractivity contribution in [1.29, 1.82) is 0 Å². The number of carboxylic acid groups (broad SMARTS) is 1. The van der Waals surface area contributed by atoms with Gasteiger partial charge < -0.3 is 5.11 Å². The maximum absolute atomic E-state index is 10.8. The molecular formula is C10H18O2. The normalized spacial score (nSPS) is 23.3. The number of rotatable bonds is 2. The summed E-state index contributed by atoms with van der Waals surface area (Å²) in [7, 11) is 0. The van der Waals surface area contributed by atoms with Gasteiger partial charge in [-0.25, -0.2) is 0 Å². The van der Waals surface area contributed by atoms with E-state index in [4.69, 9.17) is 5.11 Å². The lowest BCUT2D eigenvalue weighted by Gasteiger charge is -2.33.